The quantitative estimate of drug-likeness (QED) is 0.902. The molecule has 0 aliphatic carbocycles. The summed E-state index contributed by atoms with van der Waals surface area (Å²) in [5.74, 6) is 0. The van der Waals surface area contributed by atoms with Crippen LogP contribution in [0.2, 0.25) is 5.02 Å². The average Bonchev–Trinajstić information content (AvgIpc) is 2.72. The summed E-state index contributed by atoms with van der Waals surface area (Å²) in [7, 11) is 1.99. The van der Waals surface area contributed by atoms with E-state index in [9.17, 15) is 0 Å². The third-order valence-electron chi connectivity index (χ3n) is 2.61. The Morgan fingerprint density at radius 2 is 2.24 bits per heavy atom. The maximum Gasteiger partial charge on any atom is 0.101 e. The molecule has 1 aromatic heterocycles. The lowest BCUT2D eigenvalue weighted by Crippen LogP contribution is -2.05. The van der Waals surface area contributed by atoms with Crippen molar-refractivity contribution in [2.24, 2.45) is 7.05 Å². The van der Waals surface area contributed by atoms with E-state index >= 15 is 0 Å². The van der Waals surface area contributed by atoms with E-state index in [0.29, 0.717) is 17.1 Å². The predicted octanol–water partition coefficient (Wildman–Crippen LogP) is 3.16. The Morgan fingerprint density at radius 3 is 2.88 bits per heavy atom. The first-order chi connectivity index (χ1) is 8.20. The van der Waals surface area contributed by atoms with Gasteiger partial charge in [0.25, 0.3) is 0 Å². The lowest BCUT2D eigenvalue weighted by atomic mass is 10.2. The van der Waals surface area contributed by atoms with Crippen molar-refractivity contribution in [2.75, 3.05) is 5.32 Å². The molecule has 0 aliphatic rings. The number of benzene rings is 1. The van der Waals surface area contributed by atoms with E-state index in [-0.39, 0.29) is 0 Å². The van der Waals surface area contributed by atoms with Gasteiger partial charge in [0, 0.05) is 24.0 Å². The summed E-state index contributed by atoms with van der Waals surface area (Å²) in [5, 5.41) is 12.8. The number of halogens is 1. The van der Waals surface area contributed by atoms with Crippen LogP contribution in [0.25, 0.3) is 0 Å². The molecule has 1 N–H and O–H groups in total. The molecule has 0 atom stereocenters. The average molecular weight is 246 g/mol. The van der Waals surface area contributed by atoms with Crippen LogP contribution in [-0.4, -0.2) is 4.57 Å². The van der Waals surface area contributed by atoms with Gasteiger partial charge in [-0.3, -0.25) is 0 Å². The van der Waals surface area contributed by atoms with Crippen molar-refractivity contribution >= 4 is 17.3 Å². The van der Waals surface area contributed by atoms with E-state index < -0.39 is 0 Å². The van der Waals surface area contributed by atoms with Gasteiger partial charge in [-0.05, 0) is 30.3 Å². The van der Waals surface area contributed by atoms with Gasteiger partial charge in [-0.15, -0.1) is 0 Å². The van der Waals surface area contributed by atoms with Crippen LogP contribution in [0.1, 0.15) is 11.3 Å². The number of aryl methyl sites for hydroxylation is 1. The number of hydrogen-bond donors (Lipinski definition) is 1. The summed E-state index contributed by atoms with van der Waals surface area (Å²) in [6.07, 6.45) is 1.99. The van der Waals surface area contributed by atoms with Crippen LogP contribution in [0.15, 0.2) is 36.5 Å². The smallest absolute Gasteiger partial charge is 0.101 e. The van der Waals surface area contributed by atoms with Gasteiger partial charge < -0.3 is 9.88 Å². The second-order valence-electron chi connectivity index (χ2n) is 3.77. The van der Waals surface area contributed by atoms with Crippen LogP contribution >= 0.6 is 11.6 Å². The molecule has 86 valence electrons. The number of rotatable bonds is 3. The molecule has 0 amide bonds. The van der Waals surface area contributed by atoms with Gasteiger partial charge in [-0.25, -0.2) is 0 Å². The minimum Gasteiger partial charge on any atom is -0.378 e. The van der Waals surface area contributed by atoms with Crippen molar-refractivity contribution in [2.45, 2.75) is 6.54 Å². The largest absolute Gasteiger partial charge is 0.378 e. The third-order valence-corrected chi connectivity index (χ3v) is 2.85. The molecule has 0 bridgehead atoms. The number of hydrogen-bond acceptors (Lipinski definition) is 2. The highest BCUT2D eigenvalue weighted by molar-refractivity contribution is 6.30. The van der Waals surface area contributed by atoms with Gasteiger partial charge in [0.15, 0.2) is 0 Å². The van der Waals surface area contributed by atoms with Crippen LogP contribution in [0, 0.1) is 11.3 Å². The minimum absolute atomic E-state index is 0.601. The molecule has 17 heavy (non-hydrogen) atoms. The van der Waals surface area contributed by atoms with Gasteiger partial charge >= 0.3 is 0 Å². The number of nitrogens with one attached hydrogen (secondary N) is 1. The fraction of sp³-hybridized carbons (Fsp3) is 0.154. The number of nitriles is 1. The summed E-state index contributed by atoms with van der Waals surface area (Å²) in [4.78, 5) is 0. The molecule has 0 unspecified atom stereocenters. The van der Waals surface area contributed by atoms with Crippen LogP contribution in [0.3, 0.4) is 0 Å². The highest BCUT2D eigenvalue weighted by atomic mass is 35.5. The zero-order valence-electron chi connectivity index (χ0n) is 9.44. The van der Waals surface area contributed by atoms with Crippen molar-refractivity contribution < 1.29 is 0 Å². The molecule has 1 aromatic carbocycles. The molecular weight excluding hydrogens is 234 g/mol. The van der Waals surface area contributed by atoms with Crippen molar-refractivity contribution in [3.05, 3.63) is 52.8 Å². The molecule has 1 heterocycles. The lowest BCUT2D eigenvalue weighted by molar-refractivity contribution is 0.842. The second-order valence-corrected chi connectivity index (χ2v) is 4.20. The normalized spacial score (nSPS) is 9.94. The maximum atomic E-state index is 8.98. The molecule has 0 radical (unpaired) electrons. The van der Waals surface area contributed by atoms with E-state index in [1.807, 2.05) is 29.9 Å². The van der Waals surface area contributed by atoms with E-state index in [2.05, 4.69) is 11.4 Å². The zero-order valence-corrected chi connectivity index (χ0v) is 10.2. The first-order valence-electron chi connectivity index (χ1n) is 5.24. The Hall–Kier alpha value is -1.92. The predicted molar refractivity (Wildman–Crippen MR) is 68.9 cm³/mol. The molecule has 2 aromatic rings. The van der Waals surface area contributed by atoms with E-state index in [4.69, 9.17) is 16.9 Å². The van der Waals surface area contributed by atoms with Crippen LogP contribution in [-0.2, 0) is 13.6 Å². The molecule has 0 aliphatic heterocycles. The maximum absolute atomic E-state index is 8.98. The van der Waals surface area contributed by atoms with E-state index in [1.54, 1.807) is 18.2 Å². The van der Waals surface area contributed by atoms with Crippen molar-refractivity contribution in [1.82, 2.24) is 4.57 Å². The summed E-state index contributed by atoms with van der Waals surface area (Å²) >= 11 is 5.91. The number of aromatic nitrogens is 1. The Labute approximate surface area is 105 Å². The first-order valence-corrected chi connectivity index (χ1v) is 5.62. The highest BCUT2D eigenvalue weighted by Gasteiger charge is 2.03. The van der Waals surface area contributed by atoms with E-state index in [0.717, 1.165) is 11.4 Å². The molecule has 4 heteroatoms. The van der Waals surface area contributed by atoms with Crippen molar-refractivity contribution in [3.63, 3.8) is 0 Å². The summed E-state index contributed by atoms with van der Waals surface area (Å²) in [5.41, 5.74) is 2.51. The Bertz CT molecular complexity index is 566. The van der Waals surface area contributed by atoms with Gasteiger partial charge in [-0.2, -0.15) is 5.26 Å². The van der Waals surface area contributed by atoms with Crippen molar-refractivity contribution in [3.8, 4) is 6.07 Å². The molecule has 0 saturated heterocycles. The second kappa shape index (κ2) is 4.94. The number of anilines is 1. The Balaban J connectivity index is 2.17. The fourth-order valence-electron chi connectivity index (χ4n) is 1.63. The van der Waals surface area contributed by atoms with Gasteiger partial charge in [0.1, 0.15) is 6.07 Å². The van der Waals surface area contributed by atoms with E-state index in [1.165, 1.54) is 0 Å². The highest BCUT2D eigenvalue weighted by Crippen LogP contribution is 2.21. The molecule has 0 fully saturated rings. The van der Waals surface area contributed by atoms with Gasteiger partial charge in [-0.1, -0.05) is 11.6 Å². The third kappa shape index (κ3) is 2.61. The monoisotopic (exact) mass is 245 g/mol. The first kappa shape index (κ1) is 11.6. The van der Waals surface area contributed by atoms with Crippen LogP contribution in [0.5, 0.6) is 0 Å². The van der Waals surface area contributed by atoms with Crippen LogP contribution in [0.4, 0.5) is 5.69 Å². The molecular formula is C13H12ClN3. The lowest BCUT2D eigenvalue weighted by Gasteiger charge is -2.09. The topological polar surface area (TPSA) is 40.8 Å². The standard InChI is InChI=1S/C13H12ClN3/c1-17-6-2-3-12(17)9-16-13-7-11(14)5-4-10(13)8-15/h2-7,16H,9H2,1H3. The van der Waals surface area contributed by atoms with Crippen LogP contribution < -0.4 is 5.32 Å². The van der Waals surface area contributed by atoms with Crippen molar-refractivity contribution in [1.29, 1.82) is 5.26 Å². The SMILES string of the molecule is Cn1cccc1CNc1cc(Cl)ccc1C#N. The minimum atomic E-state index is 0.601. The summed E-state index contributed by atoms with van der Waals surface area (Å²) in [6, 6.07) is 11.4. The molecule has 0 saturated carbocycles. The van der Waals surface area contributed by atoms with Gasteiger partial charge in [0.05, 0.1) is 17.8 Å². The Kier molecular flexibility index (Phi) is 3.36. The molecule has 2 rings (SSSR count). The Morgan fingerprint density at radius 1 is 1.41 bits per heavy atom. The number of nitrogens with zero attached hydrogens (tertiary/aromatic N) is 2. The summed E-state index contributed by atoms with van der Waals surface area (Å²) < 4.78 is 2.03. The van der Waals surface area contributed by atoms with Gasteiger partial charge in [0.2, 0.25) is 0 Å². The molecule has 0 spiro atoms. The summed E-state index contributed by atoms with van der Waals surface area (Å²) in [6.45, 7) is 0.665. The fourth-order valence-corrected chi connectivity index (χ4v) is 1.80. The zero-order chi connectivity index (χ0) is 12.3. The molecule has 3 nitrogen and oxygen atoms in total.